The molecular formula is C21H23Cl2NO4. The van der Waals surface area contributed by atoms with Crippen LogP contribution in [0.25, 0.3) is 0 Å². The number of nitrogens with zero attached hydrogens (tertiary/aromatic N) is 1. The summed E-state index contributed by atoms with van der Waals surface area (Å²) in [7, 11) is 3.17. The molecule has 0 saturated carbocycles. The molecule has 0 spiro atoms. The number of hydrogen-bond donors (Lipinski definition) is 1. The molecule has 2 aromatic rings. The monoisotopic (exact) mass is 423 g/mol. The van der Waals surface area contributed by atoms with E-state index in [2.05, 4.69) is 0 Å². The summed E-state index contributed by atoms with van der Waals surface area (Å²) in [5.41, 5.74) is 1.58. The summed E-state index contributed by atoms with van der Waals surface area (Å²) in [5.74, 6) is 0.426. The van der Waals surface area contributed by atoms with Crippen LogP contribution in [0.15, 0.2) is 36.4 Å². The van der Waals surface area contributed by atoms with Gasteiger partial charge in [0.1, 0.15) is 17.5 Å². The fourth-order valence-electron chi connectivity index (χ4n) is 3.83. The Labute approximate surface area is 174 Å². The molecule has 1 aliphatic rings. The molecule has 0 radical (unpaired) electrons. The van der Waals surface area contributed by atoms with Gasteiger partial charge in [0.15, 0.2) is 0 Å². The van der Waals surface area contributed by atoms with Crippen molar-refractivity contribution >= 4 is 29.2 Å². The minimum Gasteiger partial charge on any atom is -0.497 e. The topological polar surface area (TPSA) is 59.0 Å². The molecule has 150 valence electrons. The Bertz CT molecular complexity index is 858. The van der Waals surface area contributed by atoms with Gasteiger partial charge in [-0.25, -0.2) is 0 Å². The zero-order valence-electron chi connectivity index (χ0n) is 15.8. The number of aliphatic carboxylic acids is 1. The third-order valence-corrected chi connectivity index (χ3v) is 6.01. The van der Waals surface area contributed by atoms with Crippen LogP contribution in [0, 0.1) is 0 Å². The zero-order chi connectivity index (χ0) is 20.3. The molecule has 1 fully saturated rings. The number of hydrogen-bond acceptors (Lipinski definition) is 4. The minimum atomic E-state index is -0.838. The largest absolute Gasteiger partial charge is 0.497 e. The van der Waals surface area contributed by atoms with Gasteiger partial charge in [-0.15, -0.1) is 0 Å². The second-order valence-corrected chi connectivity index (χ2v) is 7.53. The normalized spacial score (nSPS) is 18.5. The molecule has 1 saturated heterocycles. The Morgan fingerprint density at radius 1 is 1.14 bits per heavy atom. The van der Waals surface area contributed by atoms with Gasteiger partial charge in [0.25, 0.3) is 0 Å². The van der Waals surface area contributed by atoms with Crippen LogP contribution in [-0.4, -0.2) is 42.8 Å². The quantitative estimate of drug-likeness (QED) is 0.704. The van der Waals surface area contributed by atoms with Crippen molar-refractivity contribution in [1.82, 2.24) is 4.90 Å². The maximum absolute atomic E-state index is 12.0. The van der Waals surface area contributed by atoms with Crippen LogP contribution in [0.4, 0.5) is 0 Å². The lowest BCUT2D eigenvalue weighted by molar-refractivity contribution is -0.145. The summed E-state index contributed by atoms with van der Waals surface area (Å²) in [6.07, 6.45) is 2.38. The molecule has 28 heavy (non-hydrogen) atoms. The third-order valence-electron chi connectivity index (χ3n) is 5.17. The van der Waals surface area contributed by atoms with Crippen molar-refractivity contribution in [1.29, 1.82) is 0 Å². The number of ether oxygens (including phenoxy) is 2. The van der Waals surface area contributed by atoms with E-state index < -0.39 is 18.1 Å². The van der Waals surface area contributed by atoms with E-state index >= 15 is 0 Å². The van der Waals surface area contributed by atoms with E-state index in [4.69, 9.17) is 32.7 Å². The van der Waals surface area contributed by atoms with Crippen molar-refractivity contribution in [2.24, 2.45) is 0 Å². The number of halogens is 2. The number of likely N-dealkylation sites (tertiary alicyclic amines) is 1. The summed E-state index contributed by atoms with van der Waals surface area (Å²) in [5, 5.41) is 10.7. The average molecular weight is 424 g/mol. The van der Waals surface area contributed by atoms with Crippen molar-refractivity contribution in [2.45, 2.75) is 31.3 Å². The Morgan fingerprint density at radius 2 is 1.93 bits per heavy atom. The molecule has 7 heteroatoms. The van der Waals surface area contributed by atoms with Gasteiger partial charge in [-0.1, -0.05) is 41.8 Å². The number of carboxylic acid groups (broad SMARTS) is 1. The van der Waals surface area contributed by atoms with E-state index in [-0.39, 0.29) is 0 Å². The maximum atomic E-state index is 12.0. The second kappa shape index (κ2) is 9.03. The summed E-state index contributed by atoms with van der Waals surface area (Å²) < 4.78 is 10.9. The van der Waals surface area contributed by atoms with E-state index in [1.165, 1.54) is 0 Å². The van der Waals surface area contributed by atoms with Gasteiger partial charge < -0.3 is 14.6 Å². The standard InChI is InChI=1S/C21H23Cl2NO4/c1-27-13-9-10-14(18(12-13)28-2)20(15-6-5-7-16(22)19(15)23)24-11-4-3-8-17(24)21(25)26/h5-7,9-10,12,17,20H,3-4,8,11H2,1-2H3,(H,25,26). The highest BCUT2D eigenvalue weighted by molar-refractivity contribution is 6.42. The first kappa shape index (κ1) is 20.8. The predicted molar refractivity (Wildman–Crippen MR) is 110 cm³/mol. The van der Waals surface area contributed by atoms with Gasteiger partial charge >= 0.3 is 5.97 Å². The van der Waals surface area contributed by atoms with Gasteiger partial charge in [-0.05, 0) is 43.1 Å². The van der Waals surface area contributed by atoms with Crippen LogP contribution in [0.1, 0.15) is 36.4 Å². The number of rotatable bonds is 6. The van der Waals surface area contributed by atoms with Crippen LogP contribution in [0.5, 0.6) is 11.5 Å². The number of carbonyl (C=O) groups is 1. The minimum absolute atomic E-state index is 0.409. The molecule has 0 bridgehead atoms. The Kier molecular flexibility index (Phi) is 6.70. The SMILES string of the molecule is COc1ccc(C(c2cccc(Cl)c2Cl)N2CCCCC2C(=O)O)c(OC)c1. The zero-order valence-corrected chi connectivity index (χ0v) is 17.3. The molecule has 2 unspecified atom stereocenters. The van der Waals surface area contributed by atoms with Gasteiger partial charge in [0.05, 0.1) is 30.3 Å². The van der Waals surface area contributed by atoms with Crippen molar-refractivity contribution in [3.05, 3.63) is 57.6 Å². The van der Waals surface area contributed by atoms with Crippen molar-refractivity contribution in [3.63, 3.8) is 0 Å². The fraction of sp³-hybridized carbons (Fsp3) is 0.381. The summed E-state index contributed by atoms with van der Waals surface area (Å²) in [6, 6.07) is 9.94. The van der Waals surface area contributed by atoms with Crippen molar-refractivity contribution < 1.29 is 19.4 Å². The fourth-order valence-corrected chi connectivity index (χ4v) is 4.24. The van der Waals surface area contributed by atoms with Crippen LogP contribution in [0.3, 0.4) is 0 Å². The smallest absolute Gasteiger partial charge is 0.320 e. The number of benzene rings is 2. The van der Waals surface area contributed by atoms with Gasteiger partial charge in [-0.3, -0.25) is 9.69 Å². The molecular weight excluding hydrogens is 401 g/mol. The van der Waals surface area contributed by atoms with Crippen LogP contribution in [0.2, 0.25) is 10.0 Å². The van der Waals surface area contributed by atoms with E-state index in [0.717, 1.165) is 24.0 Å². The molecule has 1 aliphatic heterocycles. The van der Waals surface area contributed by atoms with Gasteiger partial charge in [0.2, 0.25) is 0 Å². The Morgan fingerprint density at radius 3 is 2.61 bits per heavy atom. The molecule has 0 aliphatic carbocycles. The average Bonchev–Trinajstić information content (AvgIpc) is 2.71. The summed E-state index contributed by atoms with van der Waals surface area (Å²) in [4.78, 5) is 14.0. The molecule has 3 rings (SSSR count). The van der Waals surface area contributed by atoms with Crippen LogP contribution in [-0.2, 0) is 4.79 Å². The van der Waals surface area contributed by atoms with E-state index in [1.54, 1.807) is 26.4 Å². The van der Waals surface area contributed by atoms with Crippen LogP contribution < -0.4 is 9.47 Å². The van der Waals surface area contributed by atoms with Gasteiger partial charge in [-0.2, -0.15) is 0 Å². The second-order valence-electron chi connectivity index (χ2n) is 6.74. The summed E-state index contributed by atoms with van der Waals surface area (Å²) in [6.45, 7) is 0.639. The molecule has 0 aromatic heterocycles. The lowest BCUT2D eigenvalue weighted by Crippen LogP contribution is -2.47. The van der Waals surface area contributed by atoms with Gasteiger partial charge in [0, 0.05) is 11.6 Å². The Hall–Kier alpha value is -1.95. The first-order valence-corrected chi connectivity index (χ1v) is 9.88. The molecule has 0 amide bonds. The van der Waals surface area contributed by atoms with E-state index in [0.29, 0.717) is 34.5 Å². The van der Waals surface area contributed by atoms with E-state index in [1.807, 2.05) is 29.2 Å². The molecule has 2 aromatic carbocycles. The highest BCUT2D eigenvalue weighted by Crippen LogP contribution is 2.43. The molecule has 2 atom stereocenters. The molecule has 1 heterocycles. The van der Waals surface area contributed by atoms with E-state index in [9.17, 15) is 9.90 Å². The predicted octanol–water partition coefficient (Wildman–Crippen LogP) is 5.04. The molecule has 1 N–H and O–H groups in total. The highest BCUT2D eigenvalue weighted by atomic mass is 35.5. The Balaban J connectivity index is 2.20. The lowest BCUT2D eigenvalue weighted by atomic mass is 9.91. The number of piperidine rings is 1. The van der Waals surface area contributed by atoms with Crippen molar-refractivity contribution in [2.75, 3.05) is 20.8 Å². The highest BCUT2D eigenvalue weighted by Gasteiger charge is 2.37. The number of carboxylic acids is 1. The number of methoxy groups -OCH3 is 2. The first-order valence-electron chi connectivity index (χ1n) is 9.12. The van der Waals surface area contributed by atoms with Crippen molar-refractivity contribution in [3.8, 4) is 11.5 Å². The lowest BCUT2D eigenvalue weighted by Gasteiger charge is -2.40. The first-order chi connectivity index (χ1) is 13.5. The van der Waals surface area contributed by atoms with Crippen LogP contribution >= 0.6 is 23.2 Å². The summed E-state index contributed by atoms with van der Waals surface area (Å²) >= 11 is 12.9. The maximum Gasteiger partial charge on any atom is 0.320 e. The molecule has 5 nitrogen and oxygen atoms in total. The third kappa shape index (κ3) is 4.07.